The fourth-order valence-corrected chi connectivity index (χ4v) is 2.34. The summed E-state index contributed by atoms with van der Waals surface area (Å²) in [5.41, 5.74) is 1.13. The van der Waals surface area contributed by atoms with Crippen LogP contribution in [0.4, 0.5) is 0 Å². The van der Waals surface area contributed by atoms with E-state index in [9.17, 15) is 0 Å². The monoisotopic (exact) mass is 320 g/mol. The third kappa shape index (κ3) is 3.98. The van der Waals surface area contributed by atoms with Crippen molar-refractivity contribution < 1.29 is 0 Å². The van der Waals surface area contributed by atoms with Gasteiger partial charge in [-0.15, -0.1) is 10.2 Å². The number of hydrogen-bond acceptors (Lipinski definition) is 3. The quantitative estimate of drug-likeness (QED) is 0.691. The van der Waals surface area contributed by atoms with Gasteiger partial charge in [0.25, 0.3) is 0 Å². The highest BCUT2D eigenvalue weighted by atomic mass is 35.5. The van der Waals surface area contributed by atoms with E-state index in [0.717, 1.165) is 34.7 Å². The normalized spacial score (nSPS) is 11.6. The third-order valence-electron chi connectivity index (χ3n) is 3.47. The second-order valence-corrected chi connectivity index (χ2v) is 5.55. The number of benzene rings is 1. The molecule has 0 amide bonds. The van der Waals surface area contributed by atoms with E-state index in [1.807, 2.05) is 54.8 Å². The minimum atomic E-state index is 0.573. The number of nitrogens with one attached hydrogen (secondary N) is 1. The van der Waals surface area contributed by atoms with E-state index in [-0.39, 0.29) is 0 Å². The SMILES string of the molecule is CN=C(NCc1nnc(C)n1C)N(C)Cc1cccc(Cl)c1. The summed E-state index contributed by atoms with van der Waals surface area (Å²) in [6, 6.07) is 7.82. The van der Waals surface area contributed by atoms with E-state index in [0.29, 0.717) is 6.54 Å². The summed E-state index contributed by atoms with van der Waals surface area (Å²) < 4.78 is 1.96. The zero-order valence-corrected chi connectivity index (χ0v) is 14.1. The van der Waals surface area contributed by atoms with Crippen molar-refractivity contribution in [3.63, 3.8) is 0 Å². The van der Waals surface area contributed by atoms with E-state index in [4.69, 9.17) is 11.6 Å². The first-order valence-corrected chi connectivity index (χ1v) is 7.40. The molecule has 7 heteroatoms. The largest absolute Gasteiger partial charge is 0.349 e. The molecule has 0 saturated carbocycles. The predicted molar refractivity (Wildman–Crippen MR) is 88.9 cm³/mol. The lowest BCUT2D eigenvalue weighted by Gasteiger charge is -2.22. The van der Waals surface area contributed by atoms with Crippen molar-refractivity contribution in [3.8, 4) is 0 Å². The van der Waals surface area contributed by atoms with E-state index in [1.165, 1.54) is 0 Å². The van der Waals surface area contributed by atoms with E-state index in [2.05, 4.69) is 20.5 Å². The molecule has 0 bridgehead atoms. The zero-order valence-electron chi connectivity index (χ0n) is 13.3. The molecular weight excluding hydrogens is 300 g/mol. The molecule has 0 aliphatic heterocycles. The van der Waals surface area contributed by atoms with Gasteiger partial charge in [-0.3, -0.25) is 4.99 Å². The Kier molecular flexibility index (Phi) is 5.38. The minimum absolute atomic E-state index is 0.573. The molecule has 22 heavy (non-hydrogen) atoms. The topological polar surface area (TPSA) is 58.3 Å². The Morgan fingerprint density at radius 1 is 1.41 bits per heavy atom. The molecule has 1 heterocycles. The van der Waals surface area contributed by atoms with Gasteiger partial charge in [0.05, 0.1) is 6.54 Å². The molecule has 0 aliphatic carbocycles. The second-order valence-electron chi connectivity index (χ2n) is 5.11. The van der Waals surface area contributed by atoms with Crippen molar-refractivity contribution in [2.24, 2.45) is 12.0 Å². The Balaban J connectivity index is 1.97. The van der Waals surface area contributed by atoms with E-state index in [1.54, 1.807) is 7.05 Å². The maximum Gasteiger partial charge on any atom is 0.194 e. The molecule has 0 radical (unpaired) electrons. The van der Waals surface area contributed by atoms with Gasteiger partial charge in [0.1, 0.15) is 5.82 Å². The number of aliphatic imine (C=N–C) groups is 1. The van der Waals surface area contributed by atoms with Gasteiger partial charge in [0, 0.05) is 32.7 Å². The average Bonchev–Trinajstić information content (AvgIpc) is 2.80. The summed E-state index contributed by atoms with van der Waals surface area (Å²) in [5, 5.41) is 12.2. The highest BCUT2D eigenvalue weighted by Gasteiger charge is 2.09. The van der Waals surface area contributed by atoms with Crippen LogP contribution < -0.4 is 5.32 Å². The van der Waals surface area contributed by atoms with Crippen LogP contribution in [0.25, 0.3) is 0 Å². The Bertz CT molecular complexity index is 664. The van der Waals surface area contributed by atoms with Crippen LogP contribution in [0.15, 0.2) is 29.3 Å². The molecule has 118 valence electrons. The molecule has 6 nitrogen and oxygen atoms in total. The number of aromatic nitrogens is 3. The van der Waals surface area contributed by atoms with Crippen LogP contribution in [0, 0.1) is 6.92 Å². The van der Waals surface area contributed by atoms with Gasteiger partial charge in [-0.1, -0.05) is 23.7 Å². The molecule has 0 atom stereocenters. The van der Waals surface area contributed by atoms with E-state index >= 15 is 0 Å². The molecular formula is C15H21ClN6. The third-order valence-corrected chi connectivity index (χ3v) is 3.70. The standard InChI is InChI=1S/C15H21ClN6/c1-11-19-20-14(22(11)4)9-18-15(17-2)21(3)10-12-6-5-7-13(16)8-12/h5-8H,9-10H2,1-4H3,(H,17,18). The van der Waals surface area contributed by atoms with Gasteiger partial charge in [0.2, 0.25) is 0 Å². The van der Waals surface area contributed by atoms with Gasteiger partial charge in [-0.2, -0.15) is 0 Å². The molecule has 0 unspecified atom stereocenters. The molecule has 1 aromatic carbocycles. The first-order chi connectivity index (χ1) is 10.5. The molecule has 0 aliphatic rings. The van der Waals surface area contributed by atoms with Crippen molar-refractivity contribution >= 4 is 17.6 Å². The summed E-state index contributed by atoms with van der Waals surface area (Å²) in [5.74, 6) is 2.55. The van der Waals surface area contributed by atoms with Crippen molar-refractivity contribution in [3.05, 3.63) is 46.5 Å². The Morgan fingerprint density at radius 3 is 2.77 bits per heavy atom. The molecule has 0 fully saturated rings. The van der Waals surface area contributed by atoms with Gasteiger partial charge in [-0.05, 0) is 24.6 Å². The van der Waals surface area contributed by atoms with Crippen LogP contribution in [-0.2, 0) is 20.1 Å². The number of rotatable bonds is 4. The van der Waals surface area contributed by atoms with Crippen molar-refractivity contribution in [1.82, 2.24) is 25.0 Å². The van der Waals surface area contributed by atoms with Gasteiger partial charge in [-0.25, -0.2) is 0 Å². The maximum atomic E-state index is 6.02. The summed E-state index contributed by atoms with van der Waals surface area (Å²) in [7, 11) is 5.70. The summed E-state index contributed by atoms with van der Waals surface area (Å²) in [6.07, 6.45) is 0. The predicted octanol–water partition coefficient (Wildman–Crippen LogP) is 1.98. The zero-order chi connectivity index (χ0) is 16.1. The van der Waals surface area contributed by atoms with E-state index < -0.39 is 0 Å². The molecule has 1 aromatic heterocycles. The highest BCUT2D eigenvalue weighted by molar-refractivity contribution is 6.30. The van der Waals surface area contributed by atoms with Crippen LogP contribution in [0.5, 0.6) is 0 Å². The molecule has 0 saturated heterocycles. The van der Waals surface area contributed by atoms with Gasteiger partial charge in [0.15, 0.2) is 11.8 Å². The summed E-state index contributed by atoms with van der Waals surface area (Å²) in [4.78, 5) is 6.34. The molecule has 2 aromatic rings. The number of nitrogens with zero attached hydrogens (tertiary/aromatic N) is 5. The lowest BCUT2D eigenvalue weighted by atomic mass is 10.2. The fourth-order valence-electron chi connectivity index (χ4n) is 2.13. The molecule has 2 rings (SSSR count). The van der Waals surface area contributed by atoms with Crippen LogP contribution >= 0.6 is 11.6 Å². The smallest absolute Gasteiger partial charge is 0.194 e. The number of hydrogen-bond donors (Lipinski definition) is 1. The number of aryl methyl sites for hydroxylation is 1. The van der Waals surface area contributed by atoms with Crippen molar-refractivity contribution in [2.75, 3.05) is 14.1 Å². The first-order valence-electron chi connectivity index (χ1n) is 7.02. The van der Waals surface area contributed by atoms with Gasteiger partial charge < -0.3 is 14.8 Å². The van der Waals surface area contributed by atoms with Crippen molar-refractivity contribution in [2.45, 2.75) is 20.0 Å². The first kappa shape index (κ1) is 16.3. The molecule has 1 N–H and O–H groups in total. The average molecular weight is 321 g/mol. The Labute approximate surface area is 135 Å². The summed E-state index contributed by atoms with van der Waals surface area (Å²) >= 11 is 6.02. The minimum Gasteiger partial charge on any atom is -0.349 e. The Morgan fingerprint density at radius 2 is 2.18 bits per heavy atom. The summed E-state index contributed by atoms with van der Waals surface area (Å²) in [6.45, 7) is 3.22. The lowest BCUT2D eigenvalue weighted by molar-refractivity contribution is 0.474. The Hall–Kier alpha value is -2.08. The van der Waals surface area contributed by atoms with Crippen LogP contribution in [-0.4, -0.2) is 39.7 Å². The fraction of sp³-hybridized carbons (Fsp3) is 0.400. The number of guanidine groups is 1. The number of halogens is 1. The second kappa shape index (κ2) is 7.26. The highest BCUT2D eigenvalue weighted by Crippen LogP contribution is 2.12. The maximum absolute atomic E-state index is 6.02. The van der Waals surface area contributed by atoms with Crippen LogP contribution in [0.1, 0.15) is 17.2 Å². The molecule has 0 spiro atoms. The van der Waals surface area contributed by atoms with Crippen LogP contribution in [0.3, 0.4) is 0 Å². The van der Waals surface area contributed by atoms with Crippen molar-refractivity contribution in [1.29, 1.82) is 0 Å². The lowest BCUT2D eigenvalue weighted by Crippen LogP contribution is -2.38. The van der Waals surface area contributed by atoms with Crippen LogP contribution in [0.2, 0.25) is 5.02 Å². The van der Waals surface area contributed by atoms with Gasteiger partial charge >= 0.3 is 0 Å².